The van der Waals surface area contributed by atoms with Crippen molar-refractivity contribution in [1.29, 1.82) is 0 Å². The molecule has 0 saturated heterocycles. The first-order valence-corrected chi connectivity index (χ1v) is 8.31. The number of benzene rings is 2. The van der Waals surface area contributed by atoms with E-state index in [2.05, 4.69) is 5.32 Å². The molecule has 0 fully saturated rings. The van der Waals surface area contributed by atoms with E-state index in [9.17, 15) is 14.0 Å². The first-order chi connectivity index (χ1) is 12.0. The molecule has 0 aliphatic carbocycles. The maximum atomic E-state index is 13.6. The molecule has 2 rings (SSSR count). The third-order valence-electron chi connectivity index (χ3n) is 4.14. The Morgan fingerprint density at radius 3 is 2.36 bits per heavy atom. The Labute approximate surface area is 147 Å². The van der Waals surface area contributed by atoms with Gasteiger partial charge in [-0.2, -0.15) is 0 Å². The smallest absolute Gasteiger partial charge is 0.239 e. The standard InChI is InChI=1S/C20H23FN2O2/c1-15(17-8-4-3-5-9-17)23(16(2)24)14-20(25)22-13-12-18-10-6-7-11-19(18)21/h3-11,15H,12-14H2,1-2H3,(H,22,25). The van der Waals surface area contributed by atoms with Crippen LogP contribution in [-0.2, 0) is 16.0 Å². The summed E-state index contributed by atoms with van der Waals surface area (Å²) in [6.45, 7) is 3.64. The van der Waals surface area contributed by atoms with Gasteiger partial charge in [0.1, 0.15) is 12.4 Å². The molecule has 2 aromatic carbocycles. The lowest BCUT2D eigenvalue weighted by molar-refractivity contribution is -0.136. The van der Waals surface area contributed by atoms with Crippen molar-refractivity contribution in [3.8, 4) is 0 Å². The van der Waals surface area contributed by atoms with Gasteiger partial charge in [0.15, 0.2) is 0 Å². The quantitative estimate of drug-likeness (QED) is 0.841. The van der Waals surface area contributed by atoms with Crippen LogP contribution in [0.2, 0.25) is 0 Å². The molecule has 1 N–H and O–H groups in total. The minimum absolute atomic E-state index is 0.0251. The van der Waals surface area contributed by atoms with Crippen LogP contribution in [0.5, 0.6) is 0 Å². The van der Waals surface area contributed by atoms with Crippen molar-refractivity contribution in [3.63, 3.8) is 0 Å². The summed E-state index contributed by atoms with van der Waals surface area (Å²) in [6.07, 6.45) is 0.409. The number of amides is 2. The van der Waals surface area contributed by atoms with Crippen LogP contribution in [0.25, 0.3) is 0 Å². The first kappa shape index (κ1) is 18.6. The Bertz CT molecular complexity index is 719. The Balaban J connectivity index is 1.90. The third-order valence-corrected chi connectivity index (χ3v) is 4.14. The molecule has 2 amide bonds. The number of hydrogen-bond donors (Lipinski definition) is 1. The SMILES string of the molecule is CC(=O)N(CC(=O)NCCc1ccccc1F)C(C)c1ccccc1. The number of rotatable bonds is 7. The normalized spacial score (nSPS) is 11.6. The highest BCUT2D eigenvalue weighted by Crippen LogP contribution is 2.19. The zero-order valence-corrected chi connectivity index (χ0v) is 14.5. The van der Waals surface area contributed by atoms with E-state index >= 15 is 0 Å². The van der Waals surface area contributed by atoms with Crippen molar-refractivity contribution in [2.75, 3.05) is 13.1 Å². The predicted octanol–water partition coefficient (Wildman–Crippen LogP) is 3.09. The Morgan fingerprint density at radius 1 is 1.08 bits per heavy atom. The van der Waals surface area contributed by atoms with Gasteiger partial charge in [0.25, 0.3) is 0 Å². The van der Waals surface area contributed by atoms with Crippen LogP contribution < -0.4 is 5.32 Å². The van der Waals surface area contributed by atoms with Gasteiger partial charge < -0.3 is 10.2 Å². The summed E-state index contributed by atoms with van der Waals surface area (Å²) >= 11 is 0. The maximum absolute atomic E-state index is 13.6. The van der Waals surface area contributed by atoms with Gasteiger partial charge in [0.05, 0.1) is 6.04 Å². The largest absolute Gasteiger partial charge is 0.354 e. The van der Waals surface area contributed by atoms with E-state index in [4.69, 9.17) is 0 Å². The average molecular weight is 342 g/mol. The fourth-order valence-electron chi connectivity index (χ4n) is 2.68. The molecule has 25 heavy (non-hydrogen) atoms. The lowest BCUT2D eigenvalue weighted by atomic mass is 10.1. The number of halogens is 1. The summed E-state index contributed by atoms with van der Waals surface area (Å²) in [4.78, 5) is 25.6. The topological polar surface area (TPSA) is 49.4 Å². The average Bonchev–Trinajstić information content (AvgIpc) is 2.61. The number of nitrogens with zero attached hydrogens (tertiary/aromatic N) is 1. The van der Waals surface area contributed by atoms with Crippen molar-refractivity contribution in [2.45, 2.75) is 26.3 Å². The fourth-order valence-corrected chi connectivity index (χ4v) is 2.68. The van der Waals surface area contributed by atoms with Crippen LogP contribution in [0.15, 0.2) is 54.6 Å². The van der Waals surface area contributed by atoms with Crippen LogP contribution in [0.3, 0.4) is 0 Å². The molecule has 0 bridgehead atoms. The molecule has 0 aliphatic heterocycles. The summed E-state index contributed by atoms with van der Waals surface area (Å²) in [5.41, 5.74) is 1.53. The number of carbonyl (C=O) groups excluding carboxylic acids is 2. The van der Waals surface area contributed by atoms with Crippen LogP contribution in [0, 0.1) is 5.82 Å². The van der Waals surface area contributed by atoms with Crippen LogP contribution in [0.4, 0.5) is 4.39 Å². The second-order valence-corrected chi connectivity index (χ2v) is 5.92. The van der Waals surface area contributed by atoms with Gasteiger partial charge in [-0.05, 0) is 30.5 Å². The van der Waals surface area contributed by atoms with Gasteiger partial charge in [-0.1, -0.05) is 48.5 Å². The predicted molar refractivity (Wildman–Crippen MR) is 95.4 cm³/mol. The molecule has 5 heteroatoms. The summed E-state index contributed by atoms with van der Waals surface area (Å²) in [7, 11) is 0. The van der Waals surface area contributed by atoms with Gasteiger partial charge in [-0.25, -0.2) is 4.39 Å². The molecule has 0 aromatic heterocycles. The Hall–Kier alpha value is -2.69. The molecule has 1 unspecified atom stereocenters. The van der Waals surface area contributed by atoms with Crippen molar-refractivity contribution in [2.24, 2.45) is 0 Å². The van der Waals surface area contributed by atoms with Crippen LogP contribution in [0.1, 0.15) is 31.0 Å². The summed E-state index contributed by atoms with van der Waals surface area (Å²) in [5, 5.41) is 2.75. The van der Waals surface area contributed by atoms with Crippen molar-refractivity contribution >= 4 is 11.8 Å². The molecule has 4 nitrogen and oxygen atoms in total. The van der Waals surface area contributed by atoms with E-state index in [-0.39, 0.29) is 30.2 Å². The highest BCUT2D eigenvalue weighted by atomic mass is 19.1. The van der Waals surface area contributed by atoms with E-state index in [0.717, 1.165) is 5.56 Å². The lowest BCUT2D eigenvalue weighted by Gasteiger charge is -2.28. The zero-order chi connectivity index (χ0) is 18.2. The molecular formula is C20H23FN2O2. The first-order valence-electron chi connectivity index (χ1n) is 8.31. The minimum Gasteiger partial charge on any atom is -0.354 e. The number of nitrogens with one attached hydrogen (secondary N) is 1. The van der Waals surface area contributed by atoms with Gasteiger partial charge >= 0.3 is 0 Å². The lowest BCUT2D eigenvalue weighted by Crippen LogP contribution is -2.41. The molecular weight excluding hydrogens is 319 g/mol. The fraction of sp³-hybridized carbons (Fsp3) is 0.300. The Morgan fingerprint density at radius 2 is 1.72 bits per heavy atom. The maximum Gasteiger partial charge on any atom is 0.239 e. The van der Waals surface area contributed by atoms with Crippen molar-refractivity contribution in [1.82, 2.24) is 10.2 Å². The van der Waals surface area contributed by atoms with Gasteiger partial charge in [0.2, 0.25) is 11.8 Å². The molecule has 0 aliphatic rings. The van der Waals surface area contributed by atoms with Gasteiger partial charge in [-0.3, -0.25) is 9.59 Å². The molecule has 0 saturated carbocycles. The molecule has 0 radical (unpaired) electrons. The highest BCUT2D eigenvalue weighted by molar-refractivity contribution is 5.84. The van der Waals surface area contributed by atoms with Crippen LogP contribution >= 0.6 is 0 Å². The molecule has 132 valence electrons. The molecule has 0 spiro atoms. The van der Waals surface area contributed by atoms with E-state index in [1.807, 2.05) is 37.3 Å². The molecule has 1 atom stereocenters. The zero-order valence-electron chi connectivity index (χ0n) is 14.5. The molecule has 0 heterocycles. The molecule has 2 aromatic rings. The Kier molecular flexibility index (Phi) is 6.69. The second-order valence-electron chi connectivity index (χ2n) is 5.92. The monoisotopic (exact) mass is 342 g/mol. The summed E-state index contributed by atoms with van der Waals surface area (Å²) < 4.78 is 13.6. The second kappa shape index (κ2) is 8.97. The van der Waals surface area contributed by atoms with Gasteiger partial charge in [0, 0.05) is 13.5 Å². The third kappa shape index (κ3) is 5.41. The minimum atomic E-state index is -0.278. The number of carbonyl (C=O) groups is 2. The van der Waals surface area contributed by atoms with Crippen molar-refractivity contribution in [3.05, 3.63) is 71.5 Å². The van der Waals surface area contributed by atoms with E-state index in [0.29, 0.717) is 18.5 Å². The summed E-state index contributed by atoms with van der Waals surface area (Å²) in [6, 6.07) is 15.9. The van der Waals surface area contributed by atoms with E-state index in [1.54, 1.807) is 18.2 Å². The van der Waals surface area contributed by atoms with E-state index < -0.39 is 0 Å². The van der Waals surface area contributed by atoms with Crippen LogP contribution in [-0.4, -0.2) is 29.8 Å². The van der Waals surface area contributed by atoms with E-state index in [1.165, 1.54) is 17.9 Å². The van der Waals surface area contributed by atoms with Gasteiger partial charge in [-0.15, -0.1) is 0 Å². The summed E-state index contributed by atoms with van der Waals surface area (Å²) in [5.74, 6) is -0.699. The number of hydrogen-bond acceptors (Lipinski definition) is 2. The van der Waals surface area contributed by atoms with Crippen molar-refractivity contribution < 1.29 is 14.0 Å². The highest BCUT2D eigenvalue weighted by Gasteiger charge is 2.21.